The highest BCUT2D eigenvalue weighted by atomic mass is 35.5. The highest BCUT2D eigenvalue weighted by molar-refractivity contribution is 6.42. The predicted molar refractivity (Wildman–Crippen MR) is 78.9 cm³/mol. The first-order chi connectivity index (χ1) is 9.40. The van der Waals surface area contributed by atoms with Crippen molar-refractivity contribution in [1.29, 1.82) is 0 Å². The fourth-order valence-electron chi connectivity index (χ4n) is 2.57. The van der Waals surface area contributed by atoms with Crippen LogP contribution in [0.5, 0.6) is 0 Å². The summed E-state index contributed by atoms with van der Waals surface area (Å²) in [6.45, 7) is 5.86. The lowest BCUT2D eigenvalue weighted by molar-refractivity contribution is -0.168. The van der Waals surface area contributed by atoms with E-state index in [9.17, 15) is 9.90 Å². The molecule has 3 nitrogen and oxygen atoms in total. The third kappa shape index (κ3) is 2.58. The molecule has 20 heavy (non-hydrogen) atoms. The molecule has 1 N–H and O–H groups in total. The van der Waals surface area contributed by atoms with Crippen LogP contribution in [0, 0.1) is 5.41 Å². The first-order valence-electron chi connectivity index (χ1n) is 6.37. The van der Waals surface area contributed by atoms with E-state index < -0.39 is 17.5 Å². The molecule has 1 saturated carbocycles. The SMILES string of the molecule is C=C1CC(C(=O)OCC)(C(O)c2ccc(Cl)c(Cl)c2)C1. The number of esters is 1. The zero-order valence-corrected chi connectivity index (χ0v) is 12.7. The summed E-state index contributed by atoms with van der Waals surface area (Å²) in [6.07, 6.45) is -0.137. The zero-order chi connectivity index (χ0) is 14.9. The first-order valence-corrected chi connectivity index (χ1v) is 7.13. The smallest absolute Gasteiger partial charge is 0.315 e. The van der Waals surface area contributed by atoms with E-state index in [2.05, 4.69) is 6.58 Å². The number of benzene rings is 1. The van der Waals surface area contributed by atoms with Gasteiger partial charge in [-0.05, 0) is 37.5 Å². The molecule has 0 spiro atoms. The van der Waals surface area contributed by atoms with Gasteiger partial charge in [0.25, 0.3) is 0 Å². The predicted octanol–water partition coefficient (Wildman–Crippen LogP) is 3.93. The van der Waals surface area contributed by atoms with E-state index in [0.717, 1.165) is 5.57 Å². The maximum atomic E-state index is 12.2. The molecule has 0 amide bonds. The van der Waals surface area contributed by atoms with Gasteiger partial charge < -0.3 is 9.84 Å². The molecule has 1 aromatic carbocycles. The Bertz CT molecular complexity index is 546. The van der Waals surface area contributed by atoms with E-state index in [-0.39, 0.29) is 6.61 Å². The topological polar surface area (TPSA) is 46.5 Å². The maximum Gasteiger partial charge on any atom is 0.315 e. The summed E-state index contributed by atoms with van der Waals surface area (Å²) < 4.78 is 5.09. The van der Waals surface area contributed by atoms with Gasteiger partial charge in [0.1, 0.15) is 5.41 Å². The molecular weight excluding hydrogens is 299 g/mol. The van der Waals surface area contributed by atoms with Crippen molar-refractivity contribution in [2.45, 2.75) is 25.9 Å². The Hall–Kier alpha value is -1.03. The Labute approximate surface area is 128 Å². The van der Waals surface area contributed by atoms with Crippen LogP contribution >= 0.6 is 23.2 Å². The lowest BCUT2D eigenvalue weighted by atomic mass is 9.61. The normalized spacial score (nSPS) is 18.3. The molecule has 0 heterocycles. The lowest BCUT2D eigenvalue weighted by Crippen LogP contribution is -2.45. The molecule has 1 fully saturated rings. The molecule has 0 saturated heterocycles. The molecule has 108 valence electrons. The molecule has 2 rings (SSSR count). The van der Waals surface area contributed by atoms with Crippen LogP contribution in [0.25, 0.3) is 0 Å². The van der Waals surface area contributed by atoms with Gasteiger partial charge in [-0.15, -0.1) is 0 Å². The molecule has 0 bridgehead atoms. The maximum absolute atomic E-state index is 12.2. The number of ether oxygens (including phenoxy) is 1. The van der Waals surface area contributed by atoms with Crippen molar-refractivity contribution in [2.24, 2.45) is 5.41 Å². The highest BCUT2D eigenvalue weighted by Crippen LogP contribution is 2.53. The van der Waals surface area contributed by atoms with Crippen LogP contribution in [0.4, 0.5) is 0 Å². The molecule has 1 unspecified atom stereocenters. The monoisotopic (exact) mass is 314 g/mol. The van der Waals surface area contributed by atoms with E-state index in [1.807, 2.05) is 0 Å². The number of allylic oxidation sites excluding steroid dienone is 1. The number of aliphatic hydroxyl groups is 1. The van der Waals surface area contributed by atoms with E-state index in [1.165, 1.54) is 0 Å². The van der Waals surface area contributed by atoms with Crippen LogP contribution in [0.2, 0.25) is 10.0 Å². The zero-order valence-electron chi connectivity index (χ0n) is 11.2. The average Bonchev–Trinajstić information content (AvgIpc) is 2.37. The van der Waals surface area contributed by atoms with Crippen LogP contribution in [-0.2, 0) is 9.53 Å². The summed E-state index contributed by atoms with van der Waals surface area (Å²) in [5.74, 6) is -0.397. The molecule has 1 aliphatic rings. The first kappa shape index (κ1) is 15.4. The number of carbonyl (C=O) groups excluding carboxylic acids is 1. The summed E-state index contributed by atoms with van der Waals surface area (Å²) in [7, 11) is 0. The van der Waals surface area contributed by atoms with Crippen molar-refractivity contribution in [3.05, 3.63) is 46.0 Å². The lowest BCUT2D eigenvalue weighted by Gasteiger charge is -2.44. The third-order valence-corrected chi connectivity index (χ3v) is 4.33. The van der Waals surface area contributed by atoms with Crippen molar-refractivity contribution in [1.82, 2.24) is 0 Å². The van der Waals surface area contributed by atoms with Crippen molar-refractivity contribution in [3.8, 4) is 0 Å². The summed E-state index contributed by atoms with van der Waals surface area (Å²) >= 11 is 11.8. The number of carbonyl (C=O) groups is 1. The minimum absolute atomic E-state index is 0.279. The van der Waals surface area contributed by atoms with Crippen molar-refractivity contribution in [3.63, 3.8) is 0 Å². The Balaban J connectivity index is 2.32. The second kappa shape index (κ2) is 5.76. The molecule has 1 aliphatic carbocycles. The van der Waals surface area contributed by atoms with Gasteiger partial charge in [-0.25, -0.2) is 0 Å². The van der Waals surface area contributed by atoms with E-state index >= 15 is 0 Å². The fraction of sp³-hybridized carbons (Fsp3) is 0.400. The van der Waals surface area contributed by atoms with Crippen LogP contribution < -0.4 is 0 Å². The quantitative estimate of drug-likeness (QED) is 0.676. The van der Waals surface area contributed by atoms with Gasteiger partial charge in [0.05, 0.1) is 22.8 Å². The van der Waals surface area contributed by atoms with Crippen LogP contribution in [0.3, 0.4) is 0 Å². The van der Waals surface area contributed by atoms with Gasteiger partial charge in [-0.3, -0.25) is 4.79 Å². The standard InChI is InChI=1S/C15H16Cl2O3/c1-3-20-14(19)15(7-9(2)8-15)13(18)10-4-5-11(16)12(17)6-10/h4-6,13,18H,2-3,7-8H2,1H3. The molecule has 0 radical (unpaired) electrons. The summed E-state index contributed by atoms with van der Waals surface area (Å²) in [4.78, 5) is 12.2. The van der Waals surface area contributed by atoms with Gasteiger partial charge in [-0.1, -0.05) is 41.4 Å². The molecule has 0 aliphatic heterocycles. The molecule has 1 atom stereocenters. The van der Waals surface area contributed by atoms with E-state index in [4.69, 9.17) is 27.9 Å². The summed E-state index contributed by atoms with van der Waals surface area (Å²) in [6, 6.07) is 4.85. The second-order valence-corrected chi connectivity index (χ2v) is 5.87. The van der Waals surface area contributed by atoms with Gasteiger partial charge >= 0.3 is 5.97 Å². The number of hydrogen-bond acceptors (Lipinski definition) is 3. The van der Waals surface area contributed by atoms with Gasteiger partial charge in [0, 0.05) is 0 Å². The highest BCUT2D eigenvalue weighted by Gasteiger charge is 2.53. The summed E-state index contributed by atoms with van der Waals surface area (Å²) in [5, 5.41) is 11.3. The molecule has 5 heteroatoms. The minimum atomic E-state index is -0.984. The van der Waals surface area contributed by atoms with E-state index in [1.54, 1.807) is 25.1 Å². The summed E-state index contributed by atoms with van der Waals surface area (Å²) in [5.41, 5.74) is 0.529. The number of halogens is 2. The van der Waals surface area contributed by atoms with Crippen LogP contribution in [0.1, 0.15) is 31.4 Å². The van der Waals surface area contributed by atoms with Gasteiger partial charge in [0.15, 0.2) is 0 Å². The fourth-order valence-corrected chi connectivity index (χ4v) is 2.87. The Kier molecular flexibility index (Phi) is 4.43. The van der Waals surface area contributed by atoms with Crippen molar-refractivity contribution in [2.75, 3.05) is 6.61 Å². The molecule has 0 aromatic heterocycles. The van der Waals surface area contributed by atoms with Gasteiger partial charge in [-0.2, -0.15) is 0 Å². The molecule has 1 aromatic rings. The average molecular weight is 315 g/mol. The van der Waals surface area contributed by atoms with Crippen LogP contribution in [0.15, 0.2) is 30.4 Å². The Morgan fingerprint density at radius 3 is 2.60 bits per heavy atom. The third-order valence-electron chi connectivity index (χ3n) is 3.60. The second-order valence-electron chi connectivity index (χ2n) is 5.06. The minimum Gasteiger partial charge on any atom is -0.465 e. The number of aliphatic hydroxyl groups excluding tert-OH is 1. The Morgan fingerprint density at radius 2 is 2.10 bits per heavy atom. The Morgan fingerprint density at radius 1 is 1.45 bits per heavy atom. The van der Waals surface area contributed by atoms with Crippen LogP contribution in [-0.4, -0.2) is 17.7 Å². The molecular formula is C15H16Cl2O3. The van der Waals surface area contributed by atoms with Crippen molar-refractivity contribution >= 4 is 29.2 Å². The number of hydrogen-bond donors (Lipinski definition) is 1. The van der Waals surface area contributed by atoms with Crippen molar-refractivity contribution < 1.29 is 14.6 Å². The largest absolute Gasteiger partial charge is 0.465 e. The van der Waals surface area contributed by atoms with Gasteiger partial charge in [0.2, 0.25) is 0 Å². The van der Waals surface area contributed by atoms with E-state index in [0.29, 0.717) is 28.5 Å². The number of rotatable bonds is 4.